The Hall–Kier alpha value is -2.38. The van der Waals surface area contributed by atoms with E-state index in [9.17, 15) is 9.59 Å². The summed E-state index contributed by atoms with van der Waals surface area (Å²) in [6.07, 6.45) is 1.54. The summed E-state index contributed by atoms with van der Waals surface area (Å²) in [5, 5.41) is 13.5. The molecule has 2 N–H and O–H groups in total. The van der Waals surface area contributed by atoms with Gasteiger partial charge in [-0.25, -0.2) is 10.2 Å². The highest BCUT2D eigenvalue weighted by atomic mass is 127. The summed E-state index contributed by atoms with van der Waals surface area (Å²) < 4.78 is 13.0. The molecule has 1 amide bonds. The highest BCUT2D eigenvalue weighted by Crippen LogP contribution is 2.29. The lowest BCUT2D eigenvalue weighted by molar-refractivity contribution is -0.123. The summed E-state index contributed by atoms with van der Waals surface area (Å²) in [6.45, 7) is 0.120. The summed E-state index contributed by atoms with van der Waals surface area (Å²) in [6, 6.07) is 17.1. The molecule has 0 saturated heterocycles. The lowest BCUT2D eigenvalue weighted by Crippen LogP contribution is -2.24. The fraction of sp³-hybridized carbons (Fsp3) is 0.0870. The number of aromatic carboxylic acids is 1. The standard InChI is InChI=1S/C23H17ClI2N2O5/c24-17-2-1-3-18(10-17)32-13-21(29)28-27-11-15-8-19(25)22(20(26)9-15)33-12-14-4-6-16(7-5-14)23(30)31/h1-11H,12-13H2,(H,28,29)(H,30,31)/b27-11+. The Morgan fingerprint density at radius 1 is 1.03 bits per heavy atom. The number of halogens is 3. The number of hydrogen-bond donors (Lipinski definition) is 2. The molecule has 0 radical (unpaired) electrons. The maximum atomic E-state index is 11.9. The molecule has 0 heterocycles. The Labute approximate surface area is 222 Å². The van der Waals surface area contributed by atoms with Crippen LogP contribution in [0.25, 0.3) is 0 Å². The van der Waals surface area contributed by atoms with Crippen LogP contribution in [0.2, 0.25) is 5.02 Å². The normalized spacial score (nSPS) is 10.8. The van der Waals surface area contributed by atoms with Crippen LogP contribution in [0.3, 0.4) is 0 Å². The Bertz CT molecular complexity index is 1160. The van der Waals surface area contributed by atoms with E-state index >= 15 is 0 Å². The number of carbonyl (C=O) groups is 2. The van der Waals surface area contributed by atoms with Gasteiger partial charge in [0, 0.05) is 5.02 Å². The zero-order valence-corrected chi connectivity index (χ0v) is 22.0. The second-order valence-electron chi connectivity index (χ2n) is 6.64. The van der Waals surface area contributed by atoms with Crippen LogP contribution in [0.5, 0.6) is 11.5 Å². The van der Waals surface area contributed by atoms with E-state index in [1.807, 2.05) is 12.1 Å². The van der Waals surface area contributed by atoms with E-state index < -0.39 is 11.9 Å². The van der Waals surface area contributed by atoms with Crippen molar-refractivity contribution in [2.45, 2.75) is 6.61 Å². The molecule has 0 aliphatic rings. The molecule has 0 aliphatic heterocycles. The van der Waals surface area contributed by atoms with E-state index in [-0.39, 0.29) is 12.2 Å². The Morgan fingerprint density at radius 2 is 1.73 bits per heavy atom. The first-order valence-corrected chi connectivity index (χ1v) is 12.0. The molecule has 0 saturated carbocycles. The van der Waals surface area contributed by atoms with Gasteiger partial charge in [-0.05, 0) is 98.8 Å². The first kappa shape index (κ1) is 25.2. The average Bonchev–Trinajstić information content (AvgIpc) is 2.77. The Balaban J connectivity index is 1.53. The SMILES string of the molecule is O=C(COc1cccc(Cl)c1)N/N=C/c1cc(I)c(OCc2ccc(C(=O)O)cc2)c(I)c1. The van der Waals surface area contributed by atoms with Gasteiger partial charge in [0.1, 0.15) is 18.1 Å². The summed E-state index contributed by atoms with van der Waals surface area (Å²) >= 11 is 10.2. The zero-order valence-electron chi connectivity index (χ0n) is 16.9. The Morgan fingerprint density at radius 3 is 2.36 bits per heavy atom. The van der Waals surface area contributed by atoms with Crippen molar-refractivity contribution in [3.63, 3.8) is 0 Å². The number of carbonyl (C=O) groups excluding carboxylic acids is 1. The van der Waals surface area contributed by atoms with E-state index in [1.54, 1.807) is 48.5 Å². The predicted octanol–water partition coefficient (Wildman–Crippen LogP) is 5.36. The van der Waals surface area contributed by atoms with E-state index in [4.69, 9.17) is 26.2 Å². The van der Waals surface area contributed by atoms with E-state index in [0.717, 1.165) is 24.0 Å². The van der Waals surface area contributed by atoms with Crippen LogP contribution in [-0.4, -0.2) is 29.8 Å². The number of benzene rings is 3. The van der Waals surface area contributed by atoms with Crippen LogP contribution < -0.4 is 14.9 Å². The molecule has 0 bridgehead atoms. The van der Waals surface area contributed by atoms with Crippen molar-refractivity contribution < 1.29 is 24.2 Å². The average molecular weight is 691 g/mol. The minimum Gasteiger partial charge on any atom is -0.487 e. The lowest BCUT2D eigenvalue weighted by atomic mass is 10.1. The number of hydrazone groups is 1. The molecule has 3 aromatic rings. The van der Waals surface area contributed by atoms with Crippen LogP contribution in [0.1, 0.15) is 21.5 Å². The second-order valence-corrected chi connectivity index (χ2v) is 9.40. The number of amides is 1. The highest BCUT2D eigenvalue weighted by molar-refractivity contribution is 14.1. The van der Waals surface area contributed by atoms with Crippen LogP contribution in [0.15, 0.2) is 65.8 Å². The number of ether oxygens (including phenoxy) is 2. The van der Waals surface area contributed by atoms with Gasteiger partial charge in [-0.3, -0.25) is 4.79 Å². The first-order chi connectivity index (χ1) is 15.8. The van der Waals surface area contributed by atoms with Gasteiger partial charge >= 0.3 is 5.97 Å². The number of nitrogens with one attached hydrogen (secondary N) is 1. The summed E-state index contributed by atoms with van der Waals surface area (Å²) in [5.41, 5.74) is 4.31. The first-order valence-electron chi connectivity index (χ1n) is 9.46. The van der Waals surface area contributed by atoms with Gasteiger partial charge in [-0.1, -0.05) is 29.8 Å². The molecule has 0 fully saturated rings. The zero-order chi connectivity index (χ0) is 23.8. The molecule has 0 aromatic heterocycles. The summed E-state index contributed by atoms with van der Waals surface area (Å²) in [5.74, 6) is -0.146. The molecule has 10 heteroatoms. The van der Waals surface area contributed by atoms with E-state index in [2.05, 4.69) is 55.7 Å². The maximum Gasteiger partial charge on any atom is 0.335 e. The number of carboxylic acid groups (broad SMARTS) is 1. The molecule has 0 spiro atoms. The molecule has 7 nitrogen and oxygen atoms in total. The minimum atomic E-state index is -0.964. The minimum absolute atomic E-state index is 0.188. The molecule has 0 atom stereocenters. The molecule has 0 unspecified atom stereocenters. The van der Waals surface area contributed by atoms with Gasteiger partial charge in [0.2, 0.25) is 0 Å². The summed E-state index contributed by atoms with van der Waals surface area (Å²) in [7, 11) is 0. The third kappa shape index (κ3) is 7.86. The molecule has 33 heavy (non-hydrogen) atoms. The van der Waals surface area contributed by atoms with Crippen molar-refractivity contribution in [3.8, 4) is 11.5 Å². The third-order valence-electron chi connectivity index (χ3n) is 4.17. The van der Waals surface area contributed by atoms with E-state index in [1.165, 1.54) is 6.21 Å². The molecular formula is C23H17ClI2N2O5. The maximum absolute atomic E-state index is 11.9. The van der Waals surface area contributed by atoms with Crippen molar-refractivity contribution >= 4 is 74.9 Å². The Kier molecular flexibility index (Phi) is 9.32. The van der Waals surface area contributed by atoms with E-state index in [0.29, 0.717) is 17.4 Å². The fourth-order valence-electron chi connectivity index (χ4n) is 2.61. The smallest absolute Gasteiger partial charge is 0.335 e. The van der Waals surface area contributed by atoms with Crippen LogP contribution in [0.4, 0.5) is 0 Å². The fourth-order valence-corrected chi connectivity index (χ4v) is 4.92. The molecule has 0 aliphatic carbocycles. The van der Waals surface area contributed by atoms with Gasteiger partial charge in [-0.15, -0.1) is 0 Å². The van der Waals surface area contributed by atoms with Crippen LogP contribution in [-0.2, 0) is 11.4 Å². The van der Waals surface area contributed by atoms with Crippen molar-refractivity contribution in [2.75, 3.05) is 6.61 Å². The molecule has 3 aromatic carbocycles. The van der Waals surface area contributed by atoms with Gasteiger partial charge < -0.3 is 14.6 Å². The molecule has 170 valence electrons. The second kappa shape index (κ2) is 12.2. The molecule has 3 rings (SSSR count). The van der Waals surface area contributed by atoms with Crippen LogP contribution >= 0.6 is 56.8 Å². The lowest BCUT2D eigenvalue weighted by Gasteiger charge is -2.11. The van der Waals surface area contributed by atoms with Gasteiger partial charge in [0.25, 0.3) is 5.91 Å². The quantitative estimate of drug-likeness (QED) is 0.179. The number of rotatable bonds is 9. The van der Waals surface area contributed by atoms with Gasteiger partial charge in [0.15, 0.2) is 6.61 Å². The van der Waals surface area contributed by atoms with Crippen molar-refractivity contribution in [2.24, 2.45) is 5.10 Å². The summed E-state index contributed by atoms with van der Waals surface area (Å²) in [4.78, 5) is 22.9. The largest absolute Gasteiger partial charge is 0.487 e. The number of hydrogen-bond acceptors (Lipinski definition) is 5. The van der Waals surface area contributed by atoms with Gasteiger partial charge in [0.05, 0.1) is 18.9 Å². The van der Waals surface area contributed by atoms with Gasteiger partial charge in [-0.2, -0.15) is 5.10 Å². The predicted molar refractivity (Wildman–Crippen MR) is 142 cm³/mol. The number of nitrogens with zero attached hydrogens (tertiary/aromatic N) is 1. The highest BCUT2D eigenvalue weighted by Gasteiger charge is 2.10. The topological polar surface area (TPSA) is 97.2 Å². The van der Waals surface area contributed by atoms with Crippen molar-refractivity contribution in [3.05, 3.63) is 89.5 Å². The number of carboxylic acids is 1. The monoisotopic (exact) mass is 690 g/mol. The van der Waals surface area contributed by atoms with Crippen molar-refractivity contribution in [1.29, 1.82) is 0 Å². The van der Waals surface area contributed by atoms with Crippen molar-refractivity contribution in [1.82, 2.24) is 5.43 Å². The third-order valence-corrected chi connectivity index (χ3v) is 6.01. The van der Waals surface area contributed by atoms with Crippen LogP contribution in [0, 0.1) is 7.14 Å². The molecular weight excluding hydrogens is 674 g/mol.